The zero-order chi connectivity index (χ0) is 11.5. The van der Waals surface area contributed by atoms with E-state index in [1.165, 1.54) is 10.9 Å². The molecule has 0 radical (unpaired) electrons. The number of nitrogens with one attached hydrogen (secondary N) is 1. The van der Waals surface area contributed by atoms with Crippen molar-refractivity contribution in [2.45, 2.75) is 6.92 Å². The third-order valence-corrected chi connectivity index (χ3v) is 2.16. The molecular weight excluding hydrogens is 210 g/mol. The minimum Gasteiger partial charge on any atom is -0.792 e. The summed E-state index contributed by atoms with van der Waals surface area (Å²) in [5, 5.41) is 15.7. The molecule has 0 bridgehead atoms. The average molecular weight is 219 g/mol. The van der Waals surface area contributed by atoms with E-state index in [4.69, 9.17) is 0 Å². The van der Waals surface area contributed by atoms with E-state index in [0.717, 1.165) is 0 Å². The van der Waals surface area contributed by atoms with Crippen molar-refractivity contribution in [3.05, 3.63) is 51.7 Å². The predicted molar refractivity (Wildman–Crippen MR) is 56.4 cm³/mol. The molecule has 0 unspecified atom stereocenters. The van der Waals surface area contributed by atoms with Crippen LogP contribution in [0, 0.1) is 5.21 Å². The molecule has 0 saturated heterocycles. The summed E-state index contributed by atoms with van der Waals surface area (Å²) >= 11 is 0. The Morgan fingerprint density at radius 2 is 2.38 bits per heavy atom. The number of hydrogen-bond donors (Lipinski definition) is 1. The average Bonchev–Trinajstić information content (AvgIpc) is 2.75. The van der Waals surface area contributed by atoms with E-state index >= 15 is 0 Å². The lowest BCUT2D eigenvalue weighted by molar-refractivity contribution is -0.670. The molecule has 1 aromatic carbocycles. The van der Waals surface area contributed by atoms with Gasteiger partial charge in [-0.2, -0.15) is 0 Å². The van der Waals surface area contributed by atoms with Crippen LogP contribution in [0.5, 0.6) is 0 Å². The van der Waals surface area contributed by atoms with E-state index in [1.807, 2.05) is 0 Å². The molecule has 2 aromatic rings. The minimum absolute atomic E-state index is 0.383. The van der Waals surface area contributed by atoms with Gasteiger partial charge in [-0.1, -0.05) is 12.1 Å². The zero-order valence-electron chi connectivity index (χ0n) is 8.51. The van der Waals surface area contributed by atoms with E-state index in [1.54, 1.807) is 31.2 Å². The Balaban J connectivity index is 2.47. The fraction of sp³-hybridized carbons (Fsp3) is 0.100. The molecule has 82 valence electrons. The first-order valence-electron chi connectivity index (χ1n) is 4.58. The number of aromatic amines is 1. The summed E-state index contributed by atoms with van der Waals surface area (Å²) < 4.78 is 5.96. The van der Waals surface area contributed by atoms with E-state index in [0.29, 0.717) is 17.0 Å². The van der Waals surface area contributed by atoms with Crippen LogP contribution in [0.4, 0.5) is 0 Å². The molecule has 0 atom stereocenters. The summed E-state index contributed by atoms with van der Waals surface area (Å²) in [4.78, 5) is 10.8. The third kappa shape index (κ3) is 1.85. The van der Waals surface area contributed by atoms with E-state index < -0.39 is 5.63 Å². The largest absolute Gasteiger partial charge is 0.792 e. The van der Waals surface area contributed by atoms with Crippen LogP contribution in [0.25, 0.3) is 5.69 Å². The third-order valence-electron chi connectivity index (χ3n) is 2.16. The molecule has 1 aromatic heterocycles. The van der Waals surface area contributed by atoms with Crippen LogP contribution in [-0.2, 0) is 0 Å². The van der Waals surface area contributed by atoms with Gasteiger partial charge in [-0.3, -0.25) is 4.52 Å². The fourth-order valence-electron chi connectivity index (χ4n) is 1.31. The van der Waals surface area contributed by atoms with Crippen LogP contribution < -0.4 is 10.3 Å². The van der Waals surface area contributed by atoms with Crippen molar-refractivity contribution in [2.75, 3.05) is 0 Å². The molecule has 0 amide bonds. The van der Waals surface area contributed by atoms with Crippen molar-refractivity contribution in [3.8, 4) is 5.69 Å². The van der Waals surface area contributed by atoms with Crippen molar-refractivity contribution in [2.24, 2.45) is 5.16 Å². The zero-order valence-corrected chi connectivity index (χ0v) is 8.51. The van der Waals surface area contributed by atoms with Crippen molar-refractivity contribution >= 4 is 5.71 Å². The number of H-pyrrole nitrogens is 1. The molecule has 6 nitrogen and oxygen atoms in total. The molecule has 0 fully saturated rings. The van der Waals surface area contributed by atoms with E-state index in [-0.39, 0.29) is 0 Å². The maximum absolute atomic E-state index is 10.8. The summed E-state index contributed by atoms with van der Waals surface area (Å²) in [6.45, 7) is 1.62. The highest BCUT2D eigenvalue weighted by atomic mass is 16.5. The van der Waals surface area contributed by atoms with Gasteiger partial charge in [-0.25, -0.2) is 4.79 Å². The monoisotopic (exact) mass is 219 g/mol. The van der Waals surface area contributed by atoms with Gasteiger partial charge in [0.05, 0.1) is 0 Å². The van der Waals surface area contributed by atoms with Crippen LogP contribution in [0.3, 0.4) is 0 Å². The first-order valence-corrected chi connectivity index (χ1v) is 4.58. The number of rotatable bonds is 2. The fourth-order valence-corrected chi connectivity index (χ4v) is 1.31. The van der Waals surface area contributed by atoms with Crippen molar-refractivity contribution < 1.29 is 9.20 Å². The smallest absolute Gasteiger partial charge is 0.427 e. The van der Waals surface area contributed by atoms with Gasteiger partial charge in [-0.05, 0) is 16.9 Å². The molecule has 0 aliphatic carbocycles. The molecular formula is C10H9N3O3. The lowest BCUT2D eigenvalue weighted by Gasteiger charge is -2.01. The quantitative estimate of drug-likeness (QED) is 0.454. The summed E-state index contributed by atoms with van der Waals surface area (Å²) in [6.07, 6.45) is 1.27. The van der Waals surface area contributed by atoms with Gasteiger partial charge in [0.25, 0.3) is 6.20 Å². The topological polar surface area (TPSA) is 85.3 Å². The highest BCUT2D eigenvalue weighted by Crippen LogP contribution is 2.05. The van der Waals surface area contributed by atoms with Crippen LogP contribution >= 0.6 is 0 Å². The van der Waals surface area contributed by atoms with Crippen LogP contribution in [0.1, 0.15) is 12.5 Å². The molecule has 6 heteroatoms. The Kier molecular flexibility index (Phi) is 2.55. The van der Waals surface area contributed by atoms with Crippen LogP contribution in [0.15, 0.2) is 44.9 Å². The predicted octanol–water partition coefficient (Wildman–Crippen LogP) is 0.551. The summed E-state index contributed by atoms with van der Waals surface area (Å²) in [6, 6.07) is 7.02. The van der Waals surface area contributed by atoms with Gasteiger partial charge < -0.3 is 10.4 Å². The molecule has 0 saturated carbocycles. The molecule has 0 aliphatic rings. The second-order valence-electron chi connectivity index (χ2n) is 3.24. The normalized spacial score (nSPS) is 11.7. The Morgan fingerprint density at radius 1 is 1.56 bits per heavy atom. The summed E-state index contributed by atoms with van der Waals surface area (Å²) in [7, 11) is 0. The first-order chi connectivity index (χ1) is 7.70. The van der Waals surface area contributed by atoms with Crippen molar-refractivity contribution in [1.29, 1.82) is 0 Å². The Morgan fingerprint density at radius 3 is 3.00 bits per heavy atom. The maximum atomic E-state index is 10.8. The molecule has 2 rings (SSSR count). The molecule has 0 spiro atoms. The second-order valence-corrected chi connectivity index (χ2v) is 3.24. The van der Waals surface area contributed by atoms with Gasteiger partial charge in [0, 0.05) is 23.4 Å². The van der Waals surface area contributed by atoms with E-state index in [2.05, 4.69) is 15.0 Å². The van der Waals surface area contributed by atoms with Gasteiger partial charge in [0.1, 0.15) is 0 Å². The minimum atomic E-state index is -0.473. The van der Waals surface area contributed by atoms with Crippen LogP contribution in [-0.4, -0.2) is 11.0 Å². The Labute approximate surface area is 90.4 Å². The maximum Gasteiger partial charge on any atom is 0.427 e. The SMILES string of the molecule is C/C(=N\[O-])c1cccc(-[n+]2cc(=O)o[nH]2)c1. The lowest BCUT2D eigenvalue weighted by atomic mass is 10.1. The summed E-state index contributed by atoms with van der Waals surface area (Å²) in [5.41, 5.74) is 1.29. The number of nitrogens with zero attached hydrogens (tertiary/aromatic N) is 2. The second kappa shape index (κ2) is 4.01. The lowest BCUT2D eigenvalue weighted by Crippen LogP contribution is -2.32. The van der Waals surface area contributed by atoms with Crippen molar-refractivity contribution in [1.82, 2.24) is 5.27 Å². The summed E-state index contributed by atoms with van der Waals surface area (Å²) in [5.74, 6) is 0. The van der Waals surface area contributed by atoms with Gasteiger partial charge in [0.2, 0.25) is 5.69 Å². The van der Waals surface area contributed by atoms with Gasteiger partial charge in [0.15, 0.2) is 0 Å². The number of hydrogen-bond acceptors (Lipinski definition) is 4. The Hall–Kier alpha value is -2.37. The van der Waals surface area contributed by atoms with E-state index in [9.17, 15) is 10.0 Å². The Bertz CT molecular complexity index is 583. The number of benzene rings is 1. The molecule has 1 N–H and O–H groups in total. The highest BCUT2D eigenvalue weighted by Gasteiger charge is 2.11. The van der Waals surface area contributed by atoms with Crippen LogP contribution in [0.2, 0.25) is 0 Å². The molecule has 1 heterocycles. The van der Waals surface area contributed by atoms with Gasteiger partial charge >= 0.3 is 5.63 Å². The van der Waals surface area contributed by atoms with Crippen molar-refractivity contribution in [3.63, 3.8) is 0 Å². The first kappa shape index (κ1) is 10.2. The highest BCUT2D eigenvalue weighted by molar-refractivity contribution is 5.99. The molecule has 16 heavy (non-hydrogen) atoms. The van der Waals surface area contributed by atoms with Gasteiger partial charge in [-0.15, -0.1) is 0 Å². The standard InChI is InChI=1S/C10H9N3O3/c1-7(11-15)8-3-2-4-9(5-8)13-6-10(14)16-12-13/h2-6H,1H3,(H-,12,14,15)/b11-7+. The number of aromatic nitrogens is 2. The molecule has 0 aliphatic heterocycles.